The van der Waals surface area contributed by atoms with Crippen molar-refractivity contribution in [2.24, 2.45) is 0 Å². The Kier molecular flexibility index (Phi) is 3.97. The van der Waals surface area contributed by atoms with Gasteiger partial charge in [-0.2, -0.15) is 4.98 Å². The molecular weight excluding hydrogens is 374 g/mol. The van der Waals surface area contributed by atoms with Gasteiger partial charge in [-0.25, -0.2) is 14.8 Å². The van der Waals surface area contributed by atoms with Crippen LogP contribution in [0.15, 0.2) is 30.3 Å². The van der Waals surface area contributed by atoms with Gasteiger partial charge in [0.25, 0.3) is 0 Å². The quantitative estimate of drug-likeness (QED) is 0.555. The summed E-state index contributed by atoms with van der Waals surface area (Å²) in [6.07, 6.45) is 0. The van der Waals surface area contributed by atoms with Crippen molar-refractivity contribution in [1.29, 1.82) is 0 Å². The summed E-state index contributed by atoms with van der Waals surface area (Å²) in [6.45, 7) is 1.91. The second-order valence-corrected chi connectivity index (χ2v) is 7.08. The highest BCUT2D eigenvalue weighted by atomic mass is 35.5. The third kappa shape index (κ3) is 2.65. The van der Waals surface area contributed by atoms with E-state index in [2.05, 4.69) is 15.0 Å². The first kappa shape index (κ1) is 16.7. The fourth-order valence-corrected chi connectivity index (χ4v) is 4.10. The molecular formula is C18H12ClN3O3S. The molecule has 130 valence electrons. The predicted molar refractivity (Wildman–Crippen MR) is 101 cm³/mol. The minimum absolute atomic E-state index is 0.232. The van der Waals surface area contributed by atoms with Crippen molar-refractivity contribution in [3.63, 3.8) is 0 Å². The summed E-state index contributed by atoms with van der Waals surface area (Å²) >= 11 is 7.38. The number of rotatable bonds is 3. The lowest BCUT2D eigenvalue weighted by Crippen LogP contribution is -2.05. The number of halogens is 1. The number of carboxylic acids is 1. The van der Waals surface area contributed by atoms with Crippen molar-refractivity contribution in [2.75, 3.05) is 7.11 Å². The topological polar surface area (TPSA) is 85.2 Å². The lowest BCUT2D eigenvalue weighted by atomic mass is 10.0. The van der Waals surface area contributed by atoms with Crippen LogP contribution in [0, 0.1) is 6.92 Å². The van der Waals surface area contributed by atoms with Crippen LogP contribution in [-0.2, 0) is 0 Å². The van der Waals surface area contributed by atoms with Gasteiger partial charge in [0, 0.05) is 16.1 Å². The first-order chi connectivity index (χ1) is 12.5. The molecule has 0 aliphatic rings. The Morgan fingerprint density at radius 2 is 1.92 bits per heavy atom. The molecule has 0 aliphatic carbocycles. The number of ether oxygens (including phenoxy) is 1. The molecule has 4 rings (SSSR count). The summed E-state index contributed by atoms with van der Waals surface area (Å²) in [7, 11) is 1.45. The van der Waals surface area contributed by atoms with Crippen LogP contribution in [0.25, 0.3) is 31.6 Å². The van der Waals surface area contributed by atoms with Gasteiger partial charge in [-0.3, -0.25) is 0 Å². The highest BCUT2D eigenvalue weighted by molar-refractivity contribution is 7.25. The summed E-state index contributed by atoms with van der Waals surface area (Å²) in [4.78, 5) is 25.0. The minimum atomic E-state index is -1.21. The van der Waals surface area contributed by atoms with Crippen LogP contribution in [0.2, 0.25) is 5.02 Å². The van der Waals surface area contributed by atoms with Gasteiger partial charge in [-0.05, 0) is 36.2 Å². The number of thiophene rings is 1. The van der Waals surface area contributed by atoms with Gasteiger partial charge in [-0.15, -0.1) is 11.3 Å². The van der Waals surface area contributed by atoms with Gasteiger partial charge in [0.05, 0.1) is 12.6 Å². The lowest BCUT2D eigenvalue weighted by Gasteiger charge is -2.06. The maximum atomic E-state index is 11.4. The van der Waals surface area contributed by atoms with Crippen LogP contribution in [0.1, 0.15) is 16.3 Å². The zero-order valence-corrected chi connectivity index (χ0v) is 15.4. The SMILES string of the molecule is COc1nc(C(=O)O)nc2c1sc1nc(C)cc(-c3ccc(Cl)cc3)c12. The van der Waals surface area contributed by atoms with Crippen molar-refractivity contribution in [2.45, 2.75) is 6.92 Å². The van der Waals surface area contributed by atoms with Crippen LogP contribution in [-0.4, -0.2) is 33.1 Å². The number of benzene rings is 1. The van der Waals surface area contributed by atoms with E-state index in [1.54, 1.807) is 0 Å². The summed E-state index contributed by atoms with van der Waals surface area (Å²) in [5, 5.41) is 10.7. The molecule has 1 N–H and O–H groups in total. The molecule has 6 nitrogen and oxygen atoms in total. The van der Waals surface area contributed by atoms with Gasteiger partial charge in [0.15, 0.2) is 0 Å². The van der Waals surface area contributed by atoms with E-state index in [1.165, 1.54) is 18.4 Å². The van der Waals surface area contributed by atoms with E-state index in [0.29, 0.717) is 15.2 Å². The van der Waals surface area contributed by atoms with E-state index < -0.39 is 5.97 Å². The summed E-state index contributed by atoms with van der Waals surface area (Å²) in [5.74, 6) is -1.29. The second-order valence-electron chi connectivity index (χ2n) is 5.64. The fraction of sp³-hybridized carbons (Fsp3) is 0.111. The molecule has 0 spiro atoms. The highest BCUT2D eigenvalue weighted by Crippen LogP contribution is 2.41. The van der Waals surface area contributed by atoms with Crippen LogP contribution < -0.4 is 4.74 Å². The molecule has 0 atom stereocenters. The number of carbonyl (C=O) groups is 1. The summed E-state index contributed by atoms with van der Waals surface area (Å²) in [6, 6.07) is 9.40. The Labute approximate surface area is 157 Å². The maximum Gasteiger partial charge on any atom is 0.374 e. The Morgan fingerprint density at radius 3 is 2.58 bits per heavy atom. The number of aromatic carboxylic acids is 1. The number of hydrogen-bond donors (Lipinski definition) is 1. The van der Waals surface area contributed by atoms with Crippen LogP contribution in [0.4, 0.5) is 0 Å². The van der Waals surface area contributed by atoms with Crippen molar-refractivity contribution in [1.82, 2.24) is 15.0 Å². The van der Waals surface area contributed by atoms with Crippen molar-refractivity contribution in [3.8, 4) is 17.0 Å². The number of aryl methyl sites for hydroxylation is 1. The number of nitrogens with zero attached hydrogens (tertiary/aromatic N) is 3. The number of methoxy groups -OCH3 is 1. The standard InChI is InChI=1S/C18H12ClN3O3S/c1-8-7-11(9-3-5-10(19)6-4-9)12-13-14(26-17(12)20-8)16(25-2)22-15(21-13)18(23)24/h3-7H,1-2H3,(H,23,24). The van der Waals surface area contributed by atoms with Crippen LogP contribution >= 0.6 is 22.9 Å². The lowest BCUT2D eigenvalue weighted by molar-refractivity contribution is 0.0683. The van der Waals surface area contributed by atoms with Gasteiger partial charge >= 0.3 is 5.97 Å². The third-order valence-electron chi connectivity index (χ3n) is 3.92. The van der Waals surface area contributed by atoms with Crippen LogP contribution in [0.5, 0.6) is 5.88 Å². The van der Waals surface area contributed by atoms with E-state index in [9.17, 15) is 9.90 Å². The Balaban J connectivity index is 2.15. The largest absolute Gasteiger partial charge is 0.480 e. The second kappa shape index (κ2) is 6.19. The molecule has 3 aromatic heterocycles. The molecule has 0 saturated heterocycles. The number of aromatic nitrogens is 3. The zero-order valence-electron chi connectivity index (χ0n) is 13.8. The Morgan fingerprint density at radius 1 is 1.19 bits per heavy atom. The van der Waals surface area contributed by atoms with Crippen molar-refractivity contribution in [3.05, 3.63) is 46.9 Å². The molecule has 0 fully saturated rings. The van der Waals surface area contributed by atoms with E-state index in [-0.39, 0.29) is 11.7 Å². The monoisotopic (exact) mass is 385 g/mol. The minimum Gasteiger partial charge on any atom is -0.480 e. The van der Waals surface area contributed by atoms with Gasteiger partial charge in [0.2, 0.25) is 11.7 Å². The third-order valence-corrected chi connectivity index (χ3v) is 5.24. The molecule has 26 heavy (non-hydrogen) atoms. The highest BCUT2D eigenvalue weighted by Gasteiger charge is 2.21. The molecule has 1 aromatic carbocycles. The molecule has 0 aliphatic heterocycles. The molecule has 0 bridgehead atoms. The zero-order chi connectivity index (χ0) is 18.4. The average molecular weight is 386 g/mol. The molecule has 4 aromatic rings. The van der Waals surface area contributed by atoms with Crippen molar-refractivity contribution < 1.29 is 14.6 Å². The molecule has 8 heteroatoms. The van der Waals surface area contributed by atoms with Crippen LogP contribution in [0.3, 0.4) is 0 Å². The molecule has 0 unspecified atom stereocenters. The molecule has 0 amide bonds. The Hall–Kier alpha value is -2.77. The van der Waals surface area contributed by atoms with E-state index >= 15 is 0 Å². The first-order valence-electron chi connectivity index (χ1n) is 7.63. The van der Waals surface area contributed by atoms with E-state index in [0.717, 1.165) is 27.0 Å². The smallest absolute Gasteiger partial charge is 0.374 e. The summed E-state index contributed by atoms with van der Waals surface area (Å²) in [5.41, 5.74) is 3.22. The first-order valence-corrected chi connectivity index (χ1v) is 8.82. The van der Waals surface area contributed by atoms with E-state index in [1.807, 2.05) is 37.3 Å². The van der Waals surface area contributed by atoms with E-state index in [4.69, 9.17) is 16.3 Å². The summed E-state index contributed by atoms with van der Waals surface area (Å²) < 4.78 is 5.96. The average Bonchev–Trinajstić information content (AvgIpc) is 2.98. The van der Waals surface area contributed by atoms with Crippen molar-refractivity contribution >= 4 is 49.3 Å². The number of fused-ring (bicyclic) bond motifs is 3. The molecule has 0 saturated carbocycles. The molecule has 3 heterocycles. The fourth-order valence-electron chi connectivity index (χ4n) is 2.83. The number of hydrogen-bond acceptors (Lipinski definition) is 6. The maximum absolute atomic E-state index is 11.4. The number of carboxylic acid groups (broad SMARTS) is 1. The van der Waals surface area contributed by atoms with Gasteiger partial charge in [-0.1, -0.05) is 23.7 Å². The normalized spacial score (nSPS) is 11.2. The van der Waals surface area contributed by atoms with Gasteiger partial charge < -0.3 is 9.84 Å². The van der Waals surface area contributed by atoms with Gasteiger partial charge in [0.1, 0.15) is 9.53 Å². The Bertz CT molecular complexity index is 1170. The predicted octanol–water partition coefficient (Wildman–Crippen LogP) is 4.58. The molecule has 0 radical (unpaired) electrons. The number of pyridine rings is 1.